The lowest BCUT2D eigenvalue weighted by Crippen LogP contribution is -2.23. The molecule has 0 unspecified atom stereocenters. The van der Waals surface area contributed by atoms with Crippen molar-refractivity contribution in [2.24, 2.45) is 0 Å². The maximum absolute atomic E-state index is 12.1. The van der Waals surface area contributed by atoms with E-state index in [2.05, 4.69) is 15.6 Å². The van der Waals surface area contributed by atoms with Gasteiger partial charge in [0.2, 0.25) is 0 Å². The van der Waals surface area contributed by atoms with E-state index >= 15 is 0 Å². The minimum absolute atomic E-state index is 0.194. The molecule has 0 aliphatic heterocycles. The summed E-state index contributed by atoms with van der Waals surface area (Å²) in [6, 6.07) is 5.59. The van der Waals surface area contributed by atoms with E-state index in [0.29, 0.717) is 22.9 Å². The van der Waals surface area contributed by atoms with Gasteiger partial charge in [0.05, 0.1) is 17.1 Å². The first-order valence-corrected chi connectivity index (χ1v) is 7.16. The molecular formula is C13H14ClN3OS. The summed E-state index contributed by atoms with van der Waals surface area (Å²) < 4.78 is 0. The van der Waals surface area contributed by atoms with Crippen molar-refractivity contribution in [2.45, 2.75) is 13.5 Å². The number of thiophene rings is 1. The number of aromatic nitrogens is 1. The number of hydrogen-bond donors (Lipinski definition) is 2. The Morgan fingerprint density at radius 2 is 2.37 bits per heavy atom. The summed E-state index contributed by atoms with van der Waals surface area (Å²) in [7, 11) is 0. The van der Waals surface area contributed by atoms with Crippen LogP contribution in [0.5, 0.6) is 0 Å². The highest BCUT2D eigenvalue weighted by molar-refractivity contribution is 7.09. The molecule has 2 aromatic heterocycles. The third kappa shape index (κ3) is 3.68. The predicted octanol–water partition coefficient (Wildman–Crippen LogP) is 3.16. The molecule has 0 saturated heterocycles. The zero-order valence-electron chi connectivity index (χ0n) is 10.4. The zero-order valence-corrected chi connectivity index (χ0v) is 12.0. The monoisotopic (exact) mass is 295 g/mol. The van der Waals surface area contributed by atoms with Gasteiger partial charge in [-0.05, 0) is 24.4 Å². The third-order valence-corrected chi connectivity index (χ3v) is 3.64. The Morgan fingerprint density at radius 1 is 1.53 bits per heavy atom. The van der Waals surface area contributed by atoms with Crippen LogP contribution in [0.4, 0.5) is 5.82 Å². The first-order valence-electron chi connectivity index (χ1n) is 5.90. The minimum atomic E-state index is -0.194. The summed E-state index contributed by atoms with van der Waals surface area (Å²) in [6.07, 6.45) is 1.49. The molecule has 2 N–H and O–H groups in total. The van der Waals surface area contributed by atoms with Gasteiger partial charge in [-0.25, -0.2) is 4.98 Å². The molecular weight excluding hydrogens is 282 g/mol. The minimum Gasteiger partial charge on any atom is -0.370 e. The molecule has 0 bridgehead atoms. The van der Waals surface area contributed by atoms with Gasteiger partial charge in [0.15, 0.2) is 0 Å². The Balaban J connectivity index is 2.07. The third-order valence-electron chi connectivity index (χ3n) is 2.46. The standard InChI is InChI=1S/C13H14ClN3OS/c1-2-15-12-6-10(11(14)8-16-12)13(18)17-7-9-4-3-5-19-9/h3-6,8H,2,7H2,1H3,(H,15,16)(H,17,18). The molecule has 1 amide bonds. The fourth-order valence-corrected chi connectivity index (χ4v) is 2.40. The van der Waals surface area contributed by atoms with Crippen LogP contribution in [0, 0.1) is 0 Å². The highest BCUT2D eigenvalue weighted by atomic mass is 35.5. The molecule has 19 heavy (non-hydrogen) atoms. The van der Waals surface area contributed by atoms with Gasteiger partial charge >= 0.3 is 0 Å². The quantitative estimate of drug-likeness (QED) is 0.891. The van der Waals surface area contributed by atoms with Gasteiger partial charge in [0.1, 0.15) is 5.82 Å². The molecule has 0 saturated carbocycles. The first-order chi connectivity index (χ1) is 9.20. The summed E-state index contributed by atoms with van der Waals surface area (Å²) in [6.45, 7) is 3.21. The number of hydrogen-bond acceptors (Lipinski definition) is 4. The molecule has 2 heterocycles. The smallest absolute Gasteiger partial charge is 0.253 e. The van der Waals surface area contributed by atoms with Crippen LogP contribution in [0.1, 0.15) is 22.2 Å². The number of halogens is 1. The molecule has 100 valence electrons. The van der Waals surface area contributed by atoms with Crippen molar-refractivity contribution >= 4 is 34.7 Å². The summed E-state index contributed by atoms with van der Waals surface area (Å²) in [5, 5.41) is 8.22. The molecule has 0 aliphatic rings. The second-order valence-corrected chi connectivity index (χ2v) is 5.28. The van der Waals surface area contributed by atoms with Crippen LogP contribution in [-0.4, -0.2) is 17.4 Å². The number of rotatable bonds is 5. The maximum Gasteiger partial charge on any atom is 0.253 e. The van der Waals surface area contributed by atoms with Crippen LogP contribution >= 0.6 is 22.9 Å². The van der Waals surface area contributed by atoms with Crippen molar-refractivity contribution < 1.29 is 4.79 Å². The SMILES string of the molecule is CCNc1cc(C(=O)NCc2cccs2)c(Cl)cn1. The number of pyridine rings is 1. The highest BCUT2D eigenvalue weighted by Crippen LogP contribution is 2.18. The second-order valence-electron chi connectivity index (χ2n) is 3.84. The van der Waals surface area contributed by atoms with E-state index in [0.717, 1.165) is 11.4 Å². The van der Waals surface area contributed by atoms with Crippen LogP contribution < -0.4 is 10.6 Å². The van der Waals surface area contributed by atoms with E-state index in [-0.39, 0.29) is 5.91 Å². The molecule has 0 spiro atoms. The topological polar surface area (TPSA) is 54.0 Å². The Morgan fingerprint density at radius 3 is 3.05 bits per heavy atom. The van der Waals surface area contributed by atoms with Gasteiger partial charge in [0, 0.05) is 17.6 Å². The van der Waals surface area contributed by atoms with Crippen LogP contribution in [0.2, 0.25) is 5.02 Å². The molecule has 0 radical (unpaired) electrons. The van der Waals surface area contributed by atoms with E-state index in [1.807, 2.05) is 24.4 Å². The number of nitrogens with zero attached hydrogens (tertiary/aromatic N) is 1. The van der Waals surface area contributed by atoms with Crippen molar-refractivity contribution in [3.05, 3.63) is 45.2 Å². The average Bonchev–Trinajstić information content (AvgIpc) is 2.92. The Bertz CT molecular complexity index is 557. The number of carbonyl (C=O) groups excluding carboxylic acids is 1. The van der Waals surface area contributed by atoms with E-state index < -0.39 is 0 Å². The van der Waals surface area contributed by atoms with Crippen LogP contribution in [0.25, 0.3) is 0 Å². The first kappa shape index (κ1) is 13.8. The fraction of sp³-hybridized carbons (Fsp3) is 0.231. The Labute approximate surface area is 120 Å². The normalized spacial score (nSPS) is 10.2. The largest absolute Gasteiger partial charge is 0.370 e. The summed E-state index contributed by atoms with van der Waals surface area (Å²) in [4.78, 5) is 17.3. The summed E-state index contributed by atoms with van der Waals surface area (Å²) in [5.41, 5.74) is 0.434. The van der Waals surface area contributed by atoms with Crippen molar-refractivity contribution in [3.8, 4) is 0 Å². The molecule has 0 aromatic carbocycles. The number of amides is 1. The molecule has 0 fully saturated rings. The lowest BCUT2D eigenvalue weighted by atomic mass is 10.2. The van der Waals surface area contributed by atoms with Crippen molar-refractivity contribution in [1.29, 1.82) is 0 Å². The van der Waals surface area contributed by atoms with Gasteiger partial charge in [-0.2, -0.15) is 0 Å². The molecule has 2 aromatic rings. The Hall–Kier alpha value is -1.59. The lowest BCUT2D eigenvalue weighted by molar-refractivity contribution is 0.0951. The summed E-state index contributed by atoms with van der Waals surface area (Å²) in [5.74, 6) is 0.452. The Kier molecular flexibility index (Phi) is 4.76. The van der Waals surface area contributed by atoms with E-state index in [4.69, 9.17) is 11.6 Å². The van der Waals surface area contributed by atoms with E-state index in [9.17, 15) is 4.79 Å². The molecule has 0 aliphatic carbocycles. The van der Waals surface area contributed by atoms with E-state index in [1.165, 1.54) is 6.20 Å². The molecule has 6 heteroatoms. The zero-order chi connectivity index (χ0) is 13.7. The average molecular weight is 296 g/mol. The maximum atomic E-state index is 12.1. The van der Waals surface area contributed by atoms with Gasteiger partial charge in [-0.3, -0.25) is 4.79 Å². The van der Waals surface area contributed by atoms with Gasteiger partial charge in [-0.1, -0.05) is 17.7 Å². The summed E-state index contributed by atoms with van der Waals surface area (Å²) >= 11 is 7.61. The van der Waals surface area contributed by atoms with Crippen LogP contribution in [0.3, 0.4) is 0 Å². The van der Waals surface area contributed by atoms with Crippen LogP contribution in [-0.2, 0) is 6.54 Å². The van der Waals surface area contributed by atoms with Gasteiger partial charge < -0.3 is 10.6 Å². The molecule has 2 rings (SSSR count). The highest BCUT2D eigenvalue weighted by Gasteiger charge is 2.11. The number of nitrogens with one attached hydrogen (secondary N) is 2. The second kappa shape index (κ2) is 6.54. The predicted molar refractivity (Wildman–Crippen MR) is 78.9 cm³/mol. The molecule has 0 atom stereocenters. The van der Waals surface area contributed by atoms with Crippen molar-refractivity contribution in [1.82, 2.24) is 10.3 Å². The van der Waals surface area contributed by atoms with E-state index in [1.54, 1.807) is 17.4 Å². The fourth-order valence-electron chi connectivity index (χ4n) is 1.57. The molecule has 4 nitrogen and oxygen atoms in total. The lowest BCUT2D eigenvalue weighted by Gasteiger charge is -2.08. The van der Waals surface area contributed by atoms with Gasteiger partial charge in [-0.15, -0.1) is 11.3 Å². The number of carbonyl (C=O) groups is 1. The van der Waals surface area contributed by atoms with Crippen molar-refractivity contribution in [2.75, 3.05) is 11.9 Å². The van der Waals surface area contributed by atoms with Gasteiger partial charge in [0.25, 0.3) is 5.91 Å². The number of anilines is 1. The van der Waals surface area contributed by atoms with Crippen LogP contribution in [0.15, 0.2) is 29.8 Å². The van der Waals surface area contributed by atoms with Crippen molar-refractivity contribution in [3.63, 3.8) is 0 Å².